The fraction of sp³-hybridized carbons (Fsp3) is 0.974. The number of aliphatic hydroxyl groups excluding tert-OH is 2. The molecular formula is C77H153NO5. The van der Waals surface area contributed by atoms with Crippen molar-refractivity contribution in [3.63, 3.8) is 0 Å². The Labute approximate surface area is 521 Å². The summed E-state index contributed by atoms with van der Waals surface area (Å²) in [5, 5.41) is 23.5. The molecule has 1 amide bonds. The van der Waals surface area contributed by atoms with Gasteiger partial charge in [0.05, 0.1) is 25.4 Å². The zero-order chi connectivity index (χ0) is 59.9. The largest absolute Gasteiger partial charge is 0.466 e. The molecule has 0 rings (SSSR count). The number of unbranched alkanes of at least 4 members (excludes halogenated alkanes) is 63. The first-order valence-corrected chi connectivity index (χ1v) is 38.8. The number of nitrogens with one attached hydrogen (secondary N) is 1. The summed E-state index contributed by atoms with van der Waals surface area (Å²) >= 11 is 0. The molecule has 0 aliphatic rings. The third-order valence-corrected chi connectivity index (χ3v) is 18.7. The zero-order valence-electron chi connectivity index (χ0n) is 57.0. The van der Waals surface area contributed by atoms with Crippen molar-refractivity contribution >= 4 is 11.9 Å². The Bertz CT molecular complexity index is 1210. The molecule has 0 fully saturated rings. The van der Waals surface area contributed by atoms with Crippen LogP contribution in [0.2, 0.25) is 0 Å². The first kappa shape index (κ1) is 81.9. The van der Waals surface area contributed by atoms with Crippen LogP contribution in [0.4, 0.5) is 0 Å². The van der Waals surface area contributed by atoms with Crippen LogP contribution in [0.25, 0.3) is 0 Å². The summed E-state index contributed by atoms with van der Waals surface area (Å²) in [6.07, 6.45) is 90.4. The molecule has 0 aromatic rings. The van der Waals surface area contributed by atoms with Gasteiger partial charge in [-0.3, -0.25) is 9.59 Å². The highest BCUT2D eigenvalue weighted by Crippen LogP contribution is 2.20. The average Bonchev–Trinajstić information content (AvgIpc) is 3.49. The summed E-state index contributed by atoms with van der Waals surface area (Å²) < 4.78 is 5.49. The van der Waals surface area contributed by atoms with Crippen LogP contribution in [0.1, 0.15) is 457 Å². The second-order valence-electron chi connectivity index (χ2n) is 27.1. The Morgan fingerprint density at radius 3 is 0.735 bits per heavy atom. The maximum absolute atomic E-state index is 12.6. The number of esters is 1. The maximum Gasteiger partial charge on any atom is 0.305 e. The van der Waals surface area contributed by atoms with Gasteiger partial charge in [0.15, 0.2) is 0 Å². The zero-order valence-corrected chi connectivity index (χ0v) is 57.0. The van der Waals surface area contributed by atoms with E-state index in [0.29, 0.717) is 25.9 Å². The van der Waals surface area contributed by atoms with Crippen molar-refractivity contribution in [2.45, 2.75) is 469 Å². The normalized spacial score (nSPS) is 12.4. The van der Waals surface area contributed by atoms with E-state index in [9.17, 15) is 19.8 Å². The summed E-state index contributed by atoms with van der Waals surface area (Å²) in [6, 6.07) is -0.539. The Kier molecular flexibility index (Phi) is 72.3. The Morgan fingerprint density at radius 2 is 0.494 bits per heavy atom. The van der Waals surface area contributed by atoms with Crippen LogP contribution >= 0.6 is 0 Å². The average molecular weight is 1170 g/mol. The van der Waals surface area contributed by atoms with Crippen LogP contribution in [0, 0.1) is 0 Å². The molecule has 0 heterocycles. The van der Waals surface area contributed by atoms with E-state index in [1.54, 1.807) is 0 Å². The molecule has 0 aliphatic carbocycles. The minimum atomic E-state index is -0.663. The summed E-state index contributed by atoms with van der Waals surface area (Å²) in [4.78, 5) is 24.6. The highest BCUT2D eigenvalue weighted by Gasteiger charge is 2.20. The number of ether oxygens (including phenoxy) is 1. The lowest BCUT2D eigenvalue weighted by Gasteiger charge is -2.22. The standard InChI is InChI=1S/C77H153NO5/c1-3-5-7-9-11-13-15-17-18-19-20-21-22-27-30-33-36-39-42-46-49-53-57-61-65-69-75(80)74(73-79)78-76(81)70-66-62-58-54-50-47-43-40-37-34-31-28-25-23-24-26-29-32-35-38-41-44-48-52-56-60-64-68-72-83-77(82)71-67-63-59-55-51-45-16-14-12-10-8-6-4-2/h74-75,79-80H,3-73H2,1-2H3,(H,78,81). The molecule has 0 saturated carbocycles. The number of amides is 1. The highest BCUT2D eigenvalue weighted by atomic mass is 16.5. The van der Waals surface area contributed by atoms with Crippen LogP contribution in [-0.4, -0.2) is 47.4 Å². The summed E-state index contributed by atoms with van der Waals surface area (Å²) in [6.45, 7) is 5.01. The van der Waals surface area contributed by atoms with Crippen molar-refractivity contribution in [3.8, 4) is 0 Å². The predicted octanol–water partition coefficient (Wildman–Crippen LogP) is 25.3. The van der Waals surface area contributed by atoms with Gasteiger partial charge in [-0.2, -0.15) is 0 Å². The smallest absolute Gasteiger partial charge is 0.305 e. The summed E-state index contributed by atoms with van der Waals surface area (Å²) in [5.74, 6) is -0.00325. The van der Waals surface area contributed by atoms with Gasteiger partial charge in [0.1, 0.15) is 0 Å². The lowest BCUT2D eigenvalue weighted by molar-refractivity contribution is -0.143. The van der Waals surface area contributed by atoms with Crippen molar-refractivity contribution in [1.82, 2.24) is 5.32 Å². The van der Waals surface area contributed by atoms with E-state index in [2.05, 4.69) is 19.2 Å². The van der Waals surface area contributed by atoms with Crippen LogP contribution in [0.3, 0.4) is 0 Å². The van der Waals surface area contributed by atoms with Gasteiger partial charge in [-0.25, -0.2) is 0 Å². The van der Waals surface area contributed by atoms with Gasteiger partial charge < -0.3 is 20.3 Å². The van der Waals surface area contributed by atoms with Gasteiger partial charge in [0, 0.05) is 12.8 Å². The number of rotatable bonds is 74. The molecule has 3 N–H and O–H groups in total. The molecule has 0 aliphatic heterocycles. The number of hydrogen-bond donors (Lipinski definition) is 3. The van der Waals surface area contributed by atoms with Crippen molar-refractivity contribution in [2.24, 2.45) is 0 Å². The van der Waals surface area contributed by atoms with Gasteiger partial charge in [0.2, 0.25) is 5.91 Å². The third kappa shape index (κ3) is 69.8. The molecule has 0 bridgehead atoms. The molecule has 0 spiro atoms. The molecule has 83 heavy (non-hydrogen) atoms. The predicted molar refractivity (Wildman–Crippen MR) is 366 cm³/mol. The molecule has 6 heteroatoms. The monoisotopic (exact) mass is 1170 g/mol. The van der Waals surface area contributed by atoms with E-state index >= 15 is 0 Å². The molecule has 2 atom stereocenters. The lowest BCUT2D eigenvalue weighted by atomic mass is 10.0. The number of carbonyl (C=O) groups is 2. The van der Waals surface area contributed by atoms with Crippen LogP contribution < -0.4 is 5.32 Å². The molecule has 0 saturated heterocycles. The summed E-state index contributed by atoms with van der Waals surface area (Å²) in [5.41, 5.74) is 0. The number of carbonyl (C=O) groups excluding carboxylic acids is 2. The van der Waals surface area contributed by atoms with Gasteiger partial charge in [-0.1, -0.05) is 418 Å². The van der Waals surface area contributed by atoms with Crippen molar-refractivity contribution in [1.29, 1.82) is 0 Å². The first-order chi connectivity index (χ1) is 41.0. The van der Waals surface area contributed by atoms with Gasteiger partial charge in [0.25, 0.3) is 0 Å². The quantitative estimate of drug-likeness (QED) is 0.0417. The highest BCUT2D eigenvalue weighted by molar-refractivity contribution is 5.76. The van der Waals surface area contributed by atoms with E-state index in [-0.39, 0.29) is 18.5 Å². The molecule has 6 nitrogen and oxygen atoms in total. The molecule has 2 unspecified atom stereocenters. The molecule has 0 aromatic carbocycles. The molecule has 0 aromatic heterocycles. The lowest BCUT2D eigenvalue weighted by Crippen LogP contribution is -2.45. The molecular weight excluding hydrogens is 1020 g/mol. The SMILES string of the molecule is CCCCCCCCCCCCCCCCCCCCCCCCCCCC(O)C(CO)NC(=O)CCCCCCCCCCCCCCCCCCCCCCCCCCCCCCOC(=O)CCCCCCCCCCCCCCC. The van der Waals surface area contributed by atoms with Crippen LogP contribution in [0.15, 0.2) is 0 Å². The topological polar surface area (TPSA) is 95.9 Å². The van der Waals surface area contributed by atoms with Crippen molar-refractivity contribution in [3.05, 3.63) is 0 Å². The van der Waals surface area contributed by atoms with E-state index in [0.717, 1.165) is 38.5 Å². The maximum atomic E-state index is 12.6. The van der Waals surface area contributed by atoms with Gasteiger partial charge in [-0.05, 0) is 25.7 Å². The van der Waals surface area contributed by atoms with Gasteiger partial charge >= 0.3 is 5.97 Å². The Morgan fingerprint density at radius 1 is 0.289 bits per heavy atom. The fourth-order valence-electron chi connectivity index (χ4n) is 12.8. The Balaban J connectivity index is 3.34. The fourth-order valence-corrected chi connectivity index (χ4v) is 12.8. The second kappa shape index (κ2) is 73.3. The van der Waals surface area contributed by atoms with E-state index in [4.69, 9.17) is 4.74 Å². The van der Waals surface area contributed by atoms with E-state index in [1.807, 2.05) is 0 Å². The second-order valence-corrected chi connectivity index (χ2v) is 27.1. The first-order valence-electron chi connectivity index (χ1n) is 38.8. The minimum Gasteiger partial charge on any atom is -0.466 e. The van der Waals surface area contributed by atoms with Crippen molar-refractivity contribution in [2.75, 3.05) is 13.2 Å². The number of aliphatic hydroxyl groups is 2. The molecule has 0 radical (unpaired) electrons. The Hall–Kier alpha value is -1.14. The van der Waals surface area contributed by atoms with E-state index in [1.165, 1.54) is 385 Å². The van der Waals surface area contributed by atoms with Crippen LogP contribution in [-0.2, 0) is 14.3 Å². The minimum absolute atomic E-state index is 0.0219. The molecule has 496 valence electrons. The van der Waals surface area contributed by atoms with Crippen LogP contribution in [0.5, 0.6) is 0 Å². The van der Waals surface area contributed by atoms with E-state index < -0.39 is 12.1 Å². The van der Waals surface area contributed by atoms with Gasteiger partial charge in [-0.15, -0.1) is 0 Å². The van der Waals surface area contributed by atoms with Crippen molar-refractivity contribution < 1.29 is 24.5 Å². The third-order valence-electron chi connectivity index (χ3n) is 18.7. The summed E-state index contributed by atoms with van der Waals surface area (Å²) in [7, 11) is 0. The number of hydrogen-bond acceptors (Lipinski definition) is 5.